The molecule has 0 aromatic carbocycles. The van der Waals surface area contributed by atoms with Crippen molar-refractivity contribution >= 4 is 11.8 Å². The molecule has 0 radical (unpaired) electrons. The van der Waals surface area contributed by atoms with Crippen molar-refractivity contribution in [3.05, 3.63) is 0 Å². The smallest absolute Gasteiger partial charge is 0.303 e. The number of hydrogen-bond acceptors (Lipinski definition) is 2. The van der Waals surface area contributed by atoms with E-state index in [4.69, 9.17) is 5.11 Å². The summed E-state index contributed by atoms with van der Waals surface area (Å²) in [5.41, 5.74) is 0. The highest BCUT2D eigenvalue weighted by Crippen LogP contribution is 1.87. The van der Waals surface area contributed by atoms with Crippen LogP contribution in [0.15, 0.2) is 0 Å². The Balaban J connectivity index is 0. The van der Waals surface area contributed by atoms with Crippen molar-refractivity contribution in [2.45, 2.75) is 33.6 Å². The molecule has 0 atom stereocenters. The molecule has 0 aromatic rings. The van der Waals surface area contributed by atoms with E-state index in [9.17, 15) is 9.59 Å². The minimum absolute atomic E-state index is 0.0463. The minimum atomic E-state index is -0.916. The normalized spacial score (nSPS) is 7.50. The number of rotatable bonds is 3. The van der Waals surface area contributed by atoms with Crippen LogP contribution >= 0.6 is 0 Å². The lowest BCUT2D eigenvalue weighted by molar-refractivity contribution is -0.138. The van der Waals surface area contributed by atoms with Crippen LogP contribution < -0.4 is 0 Å². The van der Waals surface area contributed by atoms with Crippen molar-refractivity contribution in [1.82, 2.24) is 0 Å². The lowest BCUT2D eigenvalue weighted by atomic mass is 10.2. The summed E-state index contributed by atoms with van der Waals surface area (Å²) < 4.78 is 0. The van der Waals surface area contributed by atoms with Gasteiger partial charge in [0.05, 0.1) is 6.42 Å². The van der Waals surface area contributed by atoms with E-state index in [-0.39, 0.29) is 18.6 Å². The van der Waals surface area contributed by atoms with Crippen LogP contribution in [-0.2, 0) is 9.59 Å². The molecular weight excluding hydrogens is 132 g/mol. The highest BCUT2D eigenvalue weighted by atomic mass is 16.4. The summed E-state index contributed by atoms with van der Waals surface area (Å²) >= 11 is 0. The number of aliphatic carboxylic acids is 1. The summed E-state index contributed by atoms with van der Waals surface area (Å²) in [4.78, 5) is 19.8. The van der Waals surface area contributed by atoms with E-state index in [0.717, 1.165) is 0 Å². The van der Waals surface area contributed by atoms with E-state index in [2.05, 4.69) is 0 Å². The average Bonchev–Trinajstić information content (AvgIpc) is 1.89. The third kappa shape index (κ3) is 15.7. The van der Waals surface area contributed by atoms with Crippen molar-refractivity contribution in [2.75, 3.05) is 0 Å². The standard InChI is InChI=1S/C5H8O3.C2H6/c1-4(6)2-3-5(7)8;1-2/h2-3H2,1H3,(H,7,8);1-2H3. The fraction of sp³-hybridized carbons (Fsp3) is 0.714. The van der Waals surface area contributed by atoms with Gasteiger partial charge in [-0.05, 0) is 6.92 Å². The fourth-order valence-electron chi connectivity index (χ4n) is 0.283. The number of carboxylic acids is 1. The van der Waals surface area contributed by atoms with Gasteiger partial charge in [0.2, 0.25) is 0 Å². The average molecular weight is 146 g/mol. The first-order valence-corrected chi connectivity index (χ1v) is 3.34. The van der Waals surface area contributed by atoms with Gasteiger partial charge in [0, 0.05) is 6.42 Å². The molecule has 0 fully saturated rings. The summed E-state index contributed by atoms with van der Waals surface area (Å²) in [6.07, 6.45) is 0.102. The molecular formula is C7H14O3. The summed E-state index contributed by atoms with van der Waals surface area (Å²) in [6.45, 7) is 5.38. The van der Waals surface area contributed by atoms with Crippen molar-refractivity contribution < 1.29 is 14.7 Å². The minimum Gasteiger partial charge on any atom is -0.481 e. The summed E-state index contributed by atoms with van der Waals surface area (Å²) in [5.74, 6) is -0.993. The zero-order valence-electron chi connectivity index (χ0n) is 6.68. The van der Waals surface area contributed by atoms with Crippen LogP contribution in [0.3, 0.4) is 0 Å². The fourth-order valence-corrected chi connectivity index (χ4v) is 0.283. The van der Waals surface area contributed by atoms with E-state index < -0.39 is 5.97 Å². The Labute approximate surface area is 61.1 Å². The molecule has 0 saturated carbocycles. The lowest BCUT2D eigenvalue weighted by Gasteiger charge is -1.86. The Bertz CT molecular complexity index is 93.4. The molecule has 0 aliphatic heterocycles. The molecule has 0 spiro atoms. The quantitative estimate of drug-likeness (QED) is 0.655. The predicted octanol–water partition coefficient (Wildman–Crippen LogP) is 1.47. The molecule has 3 heteroatoms. The van der Waals surface area contributed by atoms with Crippen LogP contribution in [0.2, 0.25) is 0 Å². The third-order valence-electron chi connectivity index (χ3n) is 0.691. The first kappa shape index (κ1) is 11.9. The molecule has 0 aromatic heterocycles. The monoisotopic (exact) mass is 146 g/mol. The molecule has 0 aliphatic rings. The van der Waals surface area contributed by atoms with E-state index in [1.807, 2.05) is 13.8 Å². The Morgan fingerprint density at radius 2 is 1.60 bits per heavy atom. The molecule has 0 bridgehead atoms. The van der Waals surface area contributed by atoms with Gasteiger partial charge in [0.1, 0.15) is 5.78 Å². The number of carbonyl (C=O) groups excluding carboxylic acids is 1. The molecule has 0 heterocycles. The van der Waals surface area contributed by atoms with Gasteiger partial charge in [-0.1, -0.05) is 13.8 Å². The molecule has 0 amide bonds. The first-order chi connectivity index (χ1) is 4.63. The molecule has 10 heavy (non-hydrogen) atoms. The zero-order chi connectivity index (χ0) is 8.57. The molecule has 1 N–H and O–H groups in total. The van der Waals surface area contributed by atoms with Crippen LogP contribution in [-0.4, -0.2) is 16.9 Å². The van der Waals surface area contributed by atoms with Gasteiger partial charge < -0.3 is 9.90 Å². The number of Topliss-reactive ketones (excluding diaryl/α,β-unsaturated/α-hetero) is 1. The largest absolute Gasteiger partial charge is 0.481 e. The van der Waals surface area contributed by atoms with Crippen LogP contribution in [0, 0.1) is 0 Å². The third-order valence-corrected chi connectivity index (χ3v) is 0.691. The summed E-state index contributed by atoms with van der Waals surface area (Å²) in [7, 11) is 0. The van der Waals surface area contributed by atoms with Gasteiger partial charge in [-0.25, -0.2) is 0 Å². The van der Waals surface area contributed by atoms with Crippen molar-refractivity contribution in [2.24, 2.45) is 0 Å². The Kier molecular flexibility index (Phi) is 9.67. The van der Waals surface area contributed by atoms with E-state index in [0.29, 0.717) is 0 Å². The van der Waals surface area contributed by atoms with Gasteiger partial charge >= 0.3 is 5.97 Å². The Hall–Kier alpha value is -0.860. The van der Waals surface area contributed by atoms with Crippen LogP contribution in [0.4, 0.5) is 0 Å². The second-order valence-electron chi connectivity index (χ2n) is 1.60. The van der Waals surface area contributed by atoms with Gasteiger partial charge in [0.25, 0.3) is 0 Å². The molecule has 0 rings (SSSR count). The molecule has 3 nitrogen and oxygen atoms in total. The predicted molar refractivity (Wildman–Crippen MR) is 38.9 cm³/mol. The molecule has 0 aliphatic carbocycles. The van der Waals surface area contributed by atoms with Crippen molar-refractivity contribution in [3.63, 3.8) is 0 Å². The van der Waals surface area contributed by atoms with Gasteiger partial charge in [-0.3, -0.25) is 4.79 Å². The highest BCUT2D eigenvalue weighted by molar-refractivity contribution is 5.80. The van der Waals surface area contributed by atoms with Crippen LogP contribution in [0.25, 0.3) is 0 Å². The Morgan fingerprint density at radius 3 is 1.70 bits per heavy atom. The summed E-state index contributed by atoms with van der Waals surface area (Å²) in [6, 6.07) is 0. The van der Waals surface area contributed by atoms with Crippen LogP contribution in [0.5, 0.6) is 0 Å². The van der Waals surface area contributed by atoms with Crippen molar-refractivity contribution in [1.29, 1.82) is 0 Å². The van der Waals surface area contributed by atoms with E-state index in [1.54, 1.807) is 0 Å². The number of ketones is 1. The van der Waals surface area contributed by atoms with Crippen LogP contribution in [0.1, 0.15) is 33.6 Å². The van der Waals surface area contributed by atoms with Gasteiger partial charge in [-0.15, -0.1) is 0 Å². The topological polar surface area (TPSA) is 54.4 Å². The number of carboxylic acid groups (broad SMARTS) is 1. The first-order valence-electron chi connectivity index (χ1n) is 3.34. The molecule has 0 unspecified atom stereocenters. The van der Waals surface area contributed by atoms with Gasteiger partial charge in [0.15, 0.2) is 0 Å². The maximum atomic E-state index is 10.1. The van der Waals surface area contributed by atoms with E-state index >= 15 is 0 Å². The highest BCUT2D eigenvalue weighted by Gasteiger charge is 1.97. The number of carbonyl (C=O) groups is 2. The maximum absolute atomic E-state index is 10.1. The second-order valence-corrected chi connectivity index (χ2v) is 1.60. The second kappa shape index (κ2) is 8.14. The SMILES string of the molecule is CC.CC(=O)CCC(=O)O. The lowest BCUT2D eigenvalue weighted by Crippen LogP contribution is -1.98. The number of hydrogen-bond donors (Lipinski definition) is 1. The van der Waals surface area contributed by atoms with E-state index in [1.165, 1.54) is 6.92 Å². The van der Waals surface area contributed by atoms with Gasteiger partial charge in [-0.2, -0.15) is 0 Å². The summed E-state index contributed by atoms with van der Waals surface area (Å²) in [5, 5.41) is 8.01. The molecule has 60 valence electrons. The zero-order valence-corrected chi connectivity index (χ0v) is 6.68. The Morgan fingerprint density at radius 1 is 1.20 bits per heavy atom. The molecule has 0 saturated heterocycles. The maximum Gasteiger partial charge on any atom is 0.303 e. The van der Waals surface area contributed by atoms with Crippen molar-refractivity contribution in [3.8, 4) is 0 Å².